The van der Waals surface area contributed by atoms with E-state index in [1.165, 1.54) is 18.3 Å². The van der Waals surface area contributed by atoms with Gasteiger partial charge in [-0.2, -0.15) is 0 Å². The minimum Gasteiger partial charge on any atom is -0.505 e. The summed E-state index contributed by atoms with van der Waals surface area (Å²) in [7, 11) is -3.69. The lowest BCUT2D eigenvalue weighted by Gasteiger charge is -2.17. The molecule has 0 bridgehead atoms. The Morgan fingerprint density at radius 3 is 2.50 bits per heavy atom. The Kier molecular flexibility index (Phi) is 5.30. The lowest BCUT2D eigenvalue weighted by Crippen LogP contribution is -2.15. The van der Waals surface area contributed by atoms with Crippen LogP contribution in [-0.2, 0) is 23.0 Å². The van der Waals surface area contributed by atoms with Crippen molar-refractivity contribution < 1.29 is 22.7 Å². The number of carbonyl (C=O) groups is 1. The predicted molar refractivity (Wildman–Crippen MR) is 104 cm³/mol. The van der Waals surface area contributed by atoms with Gasteiger partial charge in [-0.3, -0.25) is 14.5 Å². The third-order valence-corrected chi connectivity index (χ3v) is 4.83. The number of rotatable bonds is 6. The van der Waals surface area contributed by atoms with Gasteiger partial charge in [-0.15, -0.1) is 0 Å². The largest absolute Gasteiger partial charge is 0.505 e. The first kappa shape index (κ1) is 19.7. The van der Waals surface area contributed by atoms with Crippen LogP contribution in [0.4, 0.5) is 10.1 Å². The number of aldehydes is 1. The molecular weight excluding hydrogens is 385 g/mol. The quantitative estimate of drug-likeness (QED) is 0.429. The van der Waals surface area contributed by atoms with Gasteiger partial charge in [-0.25, -0.2) is 12.8 Å². The summed E-state index contributed by atoms with van der Waals surface area (Å²) in [4.78, 5) is 15.7. The van der Waals surface area contributed by atoms with Gasteiger partial charge < -0.3 is 10.8 Å². The number of pyridine rings is 1. The number of nitrogens with two attached hydrogens (primary N) is 1. The fourth-order valence-corrected chi connectivity index (χ4v) is 3.63. The van der Waals surface area contributed by atoms with Crippen molar-refractivity contribution in [3.05, 3.63) is 64.6 Å². The zero-order chi connectivity index (χ0) is 20.5. The normalized spacial score (nSPS) is 11.5. The molecule has 0 saturated carbocycles. The van der Waals surface area contributed by atoms with Crippen LogP contribution < -0.4 is 10.5 Å². The van der Waals surface area contributed by atoms with E-state index in [-0.39, 0.29) is 40.4 Å². The topological polar surface area (TPSA) is 122 Å². The predicted octanol–water partition coefficient (Wildman–Crippen LogP) is 2.31. The fourth-order valence-electron chi connectivity index (χ4n) is 3.03. The molecule has 7 nitrogen and oxygen atoms in total. The number of phenols is 1. The summed E-state index contributed by atoms with van der Waals surface area (Å²) in [6.45, 7) is -0.169. The molecule has 1 aromatic heterocycles. The summed E-state index contributed by atoms with van der Waals surface area (Å²) in [5.74, 6) is -0.711. The van der Waals surface area contributed by atoms with Gasteiger partial charge in [0.15, 0.2) is 12.0 Å². The third-order valence-electron chi connectivity index (χ3n) is 4.25. The highest BCUT2D eigenvalue weighted by Gasteiger charge is 2.21. The van der Waals surface area contributed by atoms with Crippen LogP contribution in [0.15, 0.2) is 36.5 Å². The second-order valence-corrected chi connectivity index (χ2v) is 8.10. The molecule has 0 aliphatic heterocycles. The Bertz CT molecular complexity index is 1160. The van der Waals surface area contributed by atoms with Crippen molar-refractivity contribution >= 4 is 32.9 Å². The number of nitrogens with zero attached hydrogens (tertiary/aromatic N) is 1. The van der Waals surface area contributed by atoms with E-state index >= 15 is 0 Å². The van der Waals surface area contributed by atoms with E-state index in [1.54, 1.807) is 18.2 Å². The second kappa shape index (κ2) is 7.53. The van der Waals surface area contributed by atoms with Crippen LogP contribution >= 0.6 is 0 Å². The van der Waals surface area contributed by atoms with Crippen molar-refractivity contribution in [2.24, 2.45) is 5.73 Å². The molecule has 0 aliphatic rings. The van der Waals surface area contributed by atoms with E-state index in [1.807, 2.05) is 0 Å². The van der Waals surface area contributed by atoms with Gasteiger partial charge in [0, 0.05) is 23.7 Å². The Balaban J connectivity index is 2.23. The standard InChI is InChI=1S/C19H18FN3O4S/c1-28(26,27)23-17-14-7-12(6-11-2-4-13(20)5-3-11)9-22-18(14)19(25)16(10-24)15(17)8-21/h2-5,7,9-10,23,25H,6,8,21H2,1H3. The van der Waals surface area contributed by atoms with Crippen molar-refractivity contribution in [2.45, 2.75) is 13.0 Å². The molecule has 1 heterocycles. The van der Waals surface area contributed by atoms with E-state index in [4.69, 9.17) is 5.73 Å². The second-order valence-electron chi connectivity index (χ2n) is 6.36. The number of hydrogen-bond donors (Lipinski definition) is 3. The summed E-state index contributed by atoms with van der Waals surface area (Å²) in [5, 5.41) is 10.7. The maximum absolute atomic E-state index is 13.1. The molecule has 0 aliphatic carbocycles. The van der Waals surface area contributed by atoms with Crippen LogP contribution in [0.5, 0.6) is 5.75 Å². The number of aromatic hydroxyl groups is 1. The molecule has 0 radical (unpaired) electrons. The molecule has 3 aromatic rings. The highest BCUT2D eigenvalue weighted by molar-refractivity contribution is 7.92. The maximum atomic E-state index is 13.1. The lowest BCUT2D eigenvalue weighted by molar-refractivity contribution is 0.112. The molecule has 0 saturated heterocycles. The van der Waals surface area contributed by atoms with Crippen LogP contribution in [0.1, 0.15) is 27.0 Å². The first-order chi connectivity index (χ1) is 13.2. The van der Waals surface area contributed by atoms with Crippen molar-refractivity contribution in [3.63, 3.8) is 0 Å². The van der Waals surface area contributed by atoms with E-state index < -0.39 is 10.0 Å². The molecule has 0 unspecified atom stereocenters. The molecule has 0 amide bonds. The maximum Gasteiger partial charge on any atom is 0.229 e. The Labute approximate surface area is 161 Å². The first-order valence-corrected chi connectivity index (χ1v) is 10.2. The van der Waals surface area contributed by atoms with Gasteiger partial charge in [-0.1, -0.05) is 12.1 Å². The summed E-state index contributed by atoms with van der Waals surface area (Å²) in [5.41, 5.74) is 7.50. The summed E-state index contributed by atoms with van der Waals surface area (Å²) in [6, 6.07) is 7.61. The first-order valence-electron chi connectivity index (χ1n) is 8.27. The molecule has 28 heavy (non-hydrogen) atoms. The highest BCUT2D eigenvalue weighted by Crippen LogP contribution is 2.37. The summed E-state index contributed by atoms with van der Waals surface area (Å²) in [6.07, 6.45) is 3.31. The van der Waals surface area contributed by atoms with Gasteiger partial charge in [0.25, 0.3) is 0 Å². The van der Waals surface area contributed by atoms with Gasteiger partial charge in [-0.05, 0) is 35.7 Å². The Morgan fingerprint density at radius 2 is 1.93 bits per heavy atom. The van der Waals surface area contributed by atoms with E-state index in [2.05, 4.69) is 9.71 Å². The average Bonchev–Trinajstić information content (AvgIpc) is 2.64. The highest BCUT2D eigenvalue weighted by atomic mass is 32.2. The van der Waals surface area contributed by atoms with E-state index in [9.17, 15) is 22.7 Å². The smallest absolute Gasteiger partial charge is 0.229 e. The molecule has 3 rings (SSSR count). The van der Waals surface area contributed by atoms with Crippen LogP contribution in [0.3, 0.4) is 0 Å². The SMILES string of the molecule is CS(=O)(=O)Nc1c(CN)c(C=O)c(O)c2ncc(Cc3ccc(F)cc3)cc12. The number of benzene rings is 2. The zero-order valence-corrected chi connectivity index (χ0v) is 15.8. The molecule has 9 heteroatoms. The van der Waals surface area contributed by atoms with Crippen molar-refractivity contribution in [1.82, 2.24) is 4.98 Å². The van der Waals surface area contributed by atoms with Crippen LogP contribution in [0.2, 0.25) is 0 Å². The zero-order valence-electron chi connectivity index (χ0n) is 14.9. The molecule has 4 N–H and O–H groups in total. The number of carbonyl (C=O) groups excluding carboxylic acids is 1. The number of fused-ring (bicyclic) bond motifs is 1. The van der Waals surface area contributed by atoms with Crippen molar-refractivity contribution in [2.75, 3.05) is 11.0 Å². The molecular formula is C19H18FN3O4S. The summed E-state index contributed by atoms with van der Waals surface area (Å²) < 4.78 is 39.2. The van der Waals surface area contributed by atoms with E-state index in [0.717, 1.165) is 11.8 Å². The van der Waals surface area contributed by atoms with Gasteiger partial charge >= 0.3 is 0 Å². The fraction of sp³-hybridized carbons (Fsp3) is 0.158. The van der Waals surface area contributed by atoms with Crippen LogP contribution in [-0.4, -0.2) is 31.1 Å². The average molecular weight is 403 g/mol. The minimum absolute atomic E-state index is 0.0771. The van der Waals surface area contributed by atoms with Crippen molar-refractivity contribution in [1.29, 1.82) is 0 Å². The number of nitrogens with one attached hydrogen (secondary N) is 1. The number of anilines is 1. The van der Waals surface area contributed by atoms with Crippen LogP contribution in [0.25, 0.3) is 10.9 Å². The number of aromatic nitrogens is 1. The van der Waals surface area contributed by atoms with Crippen molar-refractivity contribution in [3.8, 4) is 5.75 Å². The molecule has 0 fully saturated rings. The minimum atomic E-state index is -3.69. The van der Waals surface area contributed by atoms with Crippen LogP contribution in [0, 0.1) is 5.82 Å². The lowest BCUT2D eigenvalue weighted by atomic mass is 9.98. The monoisotopic (exact) mass is 403 g/mol. The number of phenolic OH excluding ortho intramolecular Hbond substituents is 1. The molecule has 2 aromatic carbocycles. The number of sulfonamides is 1. The van der Waals surface area contributed by atoms with Gasteiger partial charge in [0.2, 0.25) is 10.0 Å². The third kappa shape index (κ3) is 3.95. The molecule has 146 valence electrons. The Morgan fingerprint density at radius 1 is 1.25 bits per heavy atom. The van der Waals surface area contributed by atoms with Gasteiger partial charge in [0.1, 0.15) is 11.3 Å². The summed E-state index contributed by atoms with van der Waals surface area (Å²) >= 11 is 0. The number of halogens is 1. The molecule has 0 atom stereocenters. The van der Waals surface area contributed by atoms with Gasteiger partial charge in [0.05, 0.1) is 17.5 Å². The van der Waals surface area contributed by atoms with E-state index in [0.29, 0.717) is 23.7 Å². The molecule has 0 spiro atoms. The Hall–Kier alpha value is -3.04. The number of hydrogen-bond acceptors (Lipinski definition) is 6.